The lowest BCUT2D eigenvalue weighted by Crippen LogP contribution is -2.10. The summed E-state index contributed by atoms with van der Waals surface area (Å²) in [5, 5.41) is 36.4. The van der Waals surface area contributed by atoms with Crippen molar-refractivity contribution in [1.29, 1.82) is 5.26 Å². The standard InChI is InChI=1S/C17H17N3O2/c1-17(2,3)12-5-7-16(22)14(9-12)20-19-13-8-11(10-18)4-6-15(13)21/h4-9,21-22H,1-3H3. The van der Waals surface area contributed by atoms with Gasteiger partial charge in [-0.15, -0.1) is 10.2 Å². The SMILES string of the molecule is CC(C)(C)c1ccc(O)c(N=Nc2cc(C#N)ccc2O)c1. The molecule has 0 aliphatic rings. The molecule has 2 aromatic rings. The summed E-state index contributed by atoms with van der Waals surface area (Å²) in [7, 11) is 0. The molecular formula is C17H17N3O2. The molecule has 0 aliphatic carbocycles. The van der Waals surface area contributed by atoms with Gasteiger partial charge in [0.05, 0.1) is 11.6 Å². The average molecular weight is 295 g/mol. The van der Waals surface area contributed by atoms with E-state index in [1.54, 1.807) is 12.1 Å². The number of hydrogen-bond donors (Lipinski definition) is 2. The molecule has 112 valence electrons. The lowest BCUT2D eigenvalue weighted by molar-refractivity contribution is 0.473. The first-order valence-corrected chi connectivity index (χ1v) is 6.79. The van der Waals surface area contributed by atoms with E-state index in [0.29, 0.717) is 11.3 Å². The normalized spacial score (nSPS) is 11.5. The van der Waals surface area contributed by atoms with Crippen molar-refractivity contribution in [2.45, 2.75) is 26.2 Å². The number of aromatic hydroxyl groups is 2. The number of benzene rings is 2. The first-order chi connectivity index (χ1) is 10.3. The fourth-order valence-electron chi connectivity index (χ4n) is 1.85. The minimum absolute atomic E-state index is 0.00711. The molecule has 0 saturated heterocycles. The van der Waals surface area contributed by atoms with E-state index in [4.69, 9.17) is 5.26 Å². The molecule has 0 saturated carbocycles. The van der Waals surface area contributed by atoms with E-state index in [0.717, 1.165) is 5.56 Å². The molecule has 0 radical (unpaired) electrons. The Bertz CT molecular complexity index is 768. The molecule has 0 heterocycles. The van der Waals surface area contributed by atoms with Crippen molar-refractivity contribution in [1.82, 2.24) is 0 Å². The zero-order valence-electron chi connectivity index (χ0n) is 12.7. The van der Waals surface area contributed by atoms with Crippen LogP contribution in [0, 0.1) is 11.3 Å². The molecule has 0 amide bonds. The first kappa shape index (κ1) is 15.5. The highest BCUT2D eigenvalue weighted by Crippen LogP contribution is 2.35. The van der Waals surface area contributed by atoms with Crippen molar-refractivity contribution in [3.05, 3.63) is 47.5 Å². The van der Waals surface area contributed by atoms with Gasteiger partial charge >= 0.3 is 0 Å². The zero-order valence-corrected chi connectivity index (χ0v) is 12.7. The summed E-state index contributed by atoms with van der Waals surface area (Å²) in [6.45, 7) is 6.17. The molecule has 5 heteroatoms. The molecule has 0 aromatic heterocycles. The topological polar surface area (TPSA) is 89.0 Å². The summed E-state index contributed by atoms with van der Waals surface area (Å²) in [6, 6.07) is 11.4. The second-order valence-electron chi connectivity index (χ2n) is 5.97. The highest BCUT2D eigenvalue weighted by atomic mass is 16.3. The van der Waals surface area contributed by atoms with Gasteiger partial charge in [0.2, 0.25) is 0 Å². The maximum absolute atomic E-state index is 9.88. The minimum atomic E-state index is -0.0825. The van der Waals surface area contributed by atoms with Gasteiger partial charge in [-0.1, -0.05) is 26.8 Å². The highest BCUT2D eigenvalue weighted by Gasteiger charge is 2.15. The van der Waals surface area contributed by atoms with Gasteiger partial charge in [0.15, 0.2) is 0 Å². The quantitative estimate of drug-likeness (QED) is 0.788. The second kappa shape index (κ2) is 5.86. The van der Waals surface area contributed by atoms with Crippen LogP contribution in [0.2, 0.25) is 0 Å². The molecule has 2 rings (SSSR count). The van der Waals surface area contributed by atoms with Crippen LogP contribution in [0.15, 0.2) is 46.6 Å². The summed E-state index contributed by atoms with van der Waals surface area (Å²) >= 11 is 0. The number of azo groups is 1. The van der Waals surface area contributed by atoms with Crippen LogP contribution in [0.1, 0.15) is 31.9 Å². The number of phenols is 2. The van der Waals surface area contributed by atoms with Gasteiger partial charge in [0.25, 0.3) is 0 Å². The smallest absolute Gasteiger partial charge is 0.143 e. The summed E-state index contributed by atoms with van der Waals surface area (Å²) in [6.07, 6.45) is 0. The predicted octanol–water partition coefficient (Wildman–Crippen LogP) is 4.68. The highest BCUT2D eigenvalue weighted by molar-refractivity contribution is 5.57. The molecule has 0 aliphatic heterocycles. The van der Waals surface area contributed by atoms with E-state index < -0.39 is 0 Å². The van der Waals surface area contributed by atoms with Gasteiger partial charge in [0, 0.05) is 0 Å². The number of nitriles is 1. The van der Waals surface area contributed by atoms with Crippen molar-refractivity contribution >= 4 is 11.4 Å². The van der Waals surface area contributed by atoms with Gasteiger partial charge in [0.1, 0.15) is 22.9 Å². The summed E-state index contributed by atoms with van der Waals surface area (Å²) in [5.41, 5.74) is 1.79. The number of nitrogens with zero attached hydrogens (tertiary/aromatic N) is 3. The van der Waals surface area contributed by atoms with Crippen LogP contribution < -0.4 is 0 Å². The van der Waals surface area contributed by atoms with Crippen LogP contribution in [0.5, 0.6) is 11.5 Å². The fourth-order valence-corrected chi connectivity index (χ4v) is 1.85. The Kier molecular flexibility index (Phi) is 4.13. The van der Waals surface area contributed by atoms with Crippen LogP contribution in [0.3, 0.4) is 0 Å². The molecule has 2 aromatic carbocycles. The van der Waals surface area contributed by atoms with Crippen LogP contribution in [-0.4, -0.2) is 10.2 Å². The van der Waals surface area contributed by atoms with Crippen molar-refractivity contribution in [3.63, 3.8) is 0 Å². The molecule has 0 spiro atoms. The Labute approximate surface area is 129 Å². The average Bonchev–Trinajstić information content (AvgIpc) is 2.46. The number of rotatable bonds is 2. The summed E-state index contributed by atoms with van der Waals surface area (Å²) in [5.74, 6) is -0.0677. The van der Waals surface area contributed by atoms with Gasteiger partial charge in [-0.2, -0.15) is 5.26 Å². The monoisotopic (exact) mass is 295 g/mol. The predicted molar refractivity (Wildman–Crippen MR) is 83.8 cm³/mol. The van der Waals surface area contributed by atoms with Crippen molar-refractivity contribution < 1.29 is 10.2 Å². The van der Waals surface area contributed by atoms with Crippen LogP contribution >= 0.6 is 0 Å². The Morgan fingerprint density at radius 1 is 0.909 bits per heavy atom. The Morgan fingerprint density at radius 2 is 1.45 bits per heavy atom. The number of hydrogen-bond acceptors (Lipinski definition) is 5. The van der Waals surface area contributed by atoms with E-state index in [1.165, 1.54) is 18.2 Å². The van der Waals surface area contributed by atoms with Crippen molar-refractivity contribution in [3.8, 4) is 17.6 Å². The van der Waals surface area contributed by atoms with E-state index >= 15 is 0 Å². The Morgan fingerprint density at radius 3 is 2.00 bits per heavy atom. The van der Waals surface area contributed by atoms with Crippen molar-refractivity contribution in [2.24, 2.45) is 10.2 Å². The third-order valence-corrected chi connectivity index (χ3v) is 3.21. The summed E-state index contributed by atoms with van der Waals surface area (Å²) < 4.78 is 0. The molecule has 0 fully saturated rings. The Hall–Kier alpha value is -2.87. The Balaban J connectivity index is 2.40. The maximum atomic E-state index is 9.88. The number of phenolic OH excluding ortho intramolecular Hbond substituents is 2. The van der Waals surface area contributed by atoms with Gasteiger partial charge < -0.3 is 10.2 Å². The molecule has 22 heavy (non-hydrogen) atoms. The minimum Gasteiger partial charge on any atom is -0.506 e. The zero-order chi connectivity index (χ0) is 16.3. The summed E-state index contributed by atoms with van der Waals surface area (Å²) in [4.78, 5) is 0. The van der Waals surface area contributed by atoms with Crippen LogP contribution in [0.25, 0.3) is 0 Å². The van der Waals surface area contributed by atoms with E-state index in [1.807, 2.05) is 12.1 Å². The maximum Gasteiger partial charge on any atom is 0.143 e. The van der Waals surface area contributed by atoms with E-state index in [-0.39, 0.29) is 22.6 Å². The molecule has 0 unspecified atom stereocenters. The lowest BCUT2D eigenvalue weighted by Gasteiger charge is -2.19. The molecule has 0 atom stereocenters. The third-order valence-electron chi connectivity index (χ3n) is 3.21. The largest absolute Gasteiger partial charge is 0.506 e. The van der Waals surface area contributed by atoms with Crippen LogP contribution in [0.4, 0.5) is 11.4 Å². The molecule has 0 bridgehead atoms. The fraction of sp³-hybridized carbons (Fsp3) is 0.235. The van der Waals surface area contributed by atoms with Gasteiger partial charge in [-0.3, -0.25) is 0 Å². The van der Waals surface area contributed by atoms with Crippen LogP contribution in [-0.2, 0) is 5.41 Å². The third kappa shape index (κ3) is 3.41. The molecule has 2 N–H and O–H groups in total. The lowest BCUT2D eigenvalue weighted by atomic mass is 9.87. The second-order valence-corrected chi connectivity index (χ2v) is 5.97. The van der Waals surface area contributed by atoms with Gasteiger partial charge in [-0.05, 0) is 41.3 Å². The van der Waals surface area contributed by atoms with Crippen molar-refractivity contribution in [2.75, 3.05) is 0 Å². The molecular weight excluding hydrogens is 278 g/mol. The molecule has 5 nitrogen and oxygen atoms in total. The van der Waals surface area contributed by atoms with Gasteiger partial charge in [-0.25, -0.2) is 0 Å². The van der Waals surface area contributed by atoms with E-state index in [2.05, 4.69) is 31.0 Å². The van der Waals surface area contributed by atoms with E-state index in [9.17, 15) is 10.2 Å². The first-order valence-electron chi connectivity index (χ1n) is 6.79.